The van der Waals surface area contributed by atoms with Gasteiger partial charge in [0.05, 0.1) is 30.7 Å². The van der Waals surface area contributed by atoms with Crippen LogP contribution in [0.5, 0.6) is 11.9 Å². The Hall–Kier alpha value is -2.30. The molecule has 11 heteroatoms. The summed E-state index contributed by atoms with van der Waals surface area (Å²) < 4.78 is 10.3. The highest BCUT2D eigenvalue weighted by atomic mass is 35.5. The Kier molecular flexibility index (Phi) is 5.17. The molecule has 1 aliphatic heterocycles. The van der Waals surface area contributed by atoms with Crippen molar-refractivity contribution >= 4 is 40.2 Å². The number of H-pyrrole nitrogens is 1. The number of aromatic amines is 1. The van der Waals surface area contributed by atoms with E-state index in [1.54, 1.807) is 6.07 Å². The minimum absolute atomic E-state index is 0.199. The van der Waals surface area contributed by atoms with Crippen LogP contribution in [0.4, 0.5) is 5.82 Å². The number of aliphatic hydroxyl groups excluding tert-OH is 1. The van der Waals surface area contributed by atoms with Crippen LogP contribution in [-0.4, -0.2) is 63.4 Å². The summed E-state index contributed by atoms with van der Waals surface area (Å²) in [6, 6.07) is 1.89. The van der Waals surface area contributed by atoms with Crippen LogP contribution in [0.15, 0.2) is 16.2 Å². The van der Waals surface area contributed by atoms with Crippen LogP contribution in [0, 0.1) is 0 Å². The van der Waals surface area contributed by atoms with Gasteiger partial charge in [-0.25, -0.2) is 9.97 Å². The fraction of sp³-hybridized carbons (Fsp3) is 0.412. The molecule has 9 nitrogen and oxygen atoms in total. The Balaban J connectivity index is 1.77. The van der Waals surface area contributed by atoms with E-state index in [1.165, 1.54) is 26.0 Å². The number of hydrogen-bond donors (Lipinski definition) is 2. The van der Waals surface area contributed by atoms with Gasteiger partial charge in [0.2, 0.25) is 5.88 Å². The zero-order valence-electron chi connectivity index (χ0n) is 15.6. The second-order valence-electron chi connectivity index (χ2n) is 6.22. The van der Waals surface area contributed by atoms with Crippen molar-refractivity contribution in [3.63, 3.8) is 0 Å². The topological polar surface area (TPSA) is 109 Å². The van der Waals surface area contributed by atoms with Gasteiger partial charge >= 0.3 is 6.01 Å². The molecule has 148 valence electrons. The summed E-state index contributed by atoms with van der Waals surface area (Å²) >= 11 is 7.82. The minimum atomic E-state index is -0.361. The van der Waals surface area contributed by atoms with Crippen LogP contribution >= 0.6 is 23.4 Å². The first-order valence-electron chi connectivity index (χ1n) is 8.68. The highest BCUT2D eigenvalue weighted by Crippen LogP contribution is 2.38. The second kappa shape index (κ2) is 7.61. The van der Waals surface area contributed by atoms with Crippen LogP contribution in [0.25, 0.3) is 11.0 Å². The molecule has 0 atom stereocenters. The van der Waals surface area contributed by atoms with Gasteiger partial charge in [-0.3, -0.25) is 0 Å². The molecular formula is C17H19ClN6O3S. The maximum absolute atomic E-state index is 9.72. The Morgan fingerprint density at radius 3 is 2.68 bits per heavy atom. The number of hydrogen-bond acceptors (Lipinski definition) is 9. The van der Waals surface area contributed by atoms with Crippen molar-refractivity contribution in [2.75, 3.05) is 32.2 Å². The molecule has 0 radical (unpaired) electrons. The molecule has 3 aromatic heterocycles. The minimum Gasteiger partial charge on any atom is -0.481 e. The summed E-state index contributed by atoms with van der Waals surface area (Å²) in [5.41, 5.74) is 1.56. The van der Waals surface area contributed by atoms with E-state index in [0.717, 1.165) is 17.5 Å². The quantitative estimate of drug-likeness (QED) is 0.456. The molecule has 1 fully saturated rings. The van der Waals surface area contributed by atoms with Crippen molar-refractivity contribution in [3.8, 4) is 11.9 Å². The summed E-state index contributed by atoms with van der Waals surface area (Å²) in [6.07, 6.45) is 0.389. The number of methoxy groups -OCH3 is 2. The van der Waals surface area contributed by atoms with Gasteiger partial charge in [-0.15, -0.1) is 0 Å². The normalized spacial score (nSPS) is 14.4. The lowest BCUT2D eigenvalue weighted by Gasteiger charge is -2.37. The largest absolute Gasteiger partial charge is 0.481 e. The number of nitrogens with zero attached hydrogens (tertiary/aromatic N) is 5. The number of aryl methyl sites for hydroxylation is 1. The molecule has 1 aliphatic rings. The molecule has 0 spiro atoms. The van der Waals surface area contributed by atoms with Gasteiger partial charge < -0.3 is 24.5 Å². The lowest BCUT2D eigenvalue weighted by molar-refractivity contribution is 0.141. The predicted octanol–water partition coefficient (Wildman–Crippen LogP) is 2.31. The first kappa shape index (κ1) is 19.0. The molecule has 1 saturated heterocycles. The Labute approximate surface area is 170 Å². The number of ether oxygens (including phenoxy) is 2. The van der Waals surface area contributed by atoms with Crippen molar-refractivity contribution in [1.82, 2.24) is 24.9 Å². The first-order valence-corrected chi connectivity index (χ1v) is 9.87. The van der Waals surface area contributed by atoms with Crippen molar-refractivity contribution < 1.29 is 14.6 Å². The molecule has 4 rings (SSSR count). The number of fused-ring (bicyclic) bond motifs is 1. The van der Waals surface area contributed by atoms with Gasteiger partial charge in [-0.05, 0) is 18.2 Å². The molecule has 0 amide bonds. The first-order chi connectivity index (χ1) is 13.5. The van der Waals surface area contributed by atoms with Crippen LogP contribution in [-0.2, 0) is 6.42 Å². The van der Waals surface area contributed by atoms with Crippen molar-refractivity contribution in [3.05, 3.63) is 16.8 Å². The van der Waals surface area contributed by atoms with E-state index in [-0.39, 0.29) is 12.1 Å². The molecule has 28 heavy (non-hydrogen) atoms. The van der Waals surface area contributed by atoms with E-state index in [2.05, 4.69) is 19.9 Å². The molecule has 4 heterocycles. The summed E-state index contributed by atoms with van der Waals surface area (Å²) in [5, 5.41) is 12.2. The average Bonchev–Trinajstić information content (AvgIpc) is 3.00. The number of β-amino-alcohol motifs (C(OH)–C–C–N with tert-alkyl or cyclic N) is 1. The third kappa shape index (κ3) is 3.43. The fourth-order valence-electron chi connectivity index (χ4n) is 2.94. The van der Waals surface area contributed by atoms with Crippen LogP contribution < -0.4 is 14.4 Å². The SMILES string of the molecule is CCc1[nH]c2nc(Sc3cc(OC)nc(OC)n3)nc(N3CC(O)C3)c2c1Cl. The standard InChI is InChI=1S/C17H19ClN6O3S/c1-4-9-13(18)12-14(19-9)22-17(23-15(12)24-6-8(25)7-24)28-11-5-10(26-2)20-16(21-11)27-3/h5,8,25H,4,6-7H2,1-3H3,(H,19,22,23). The third-order valence-corrected chi connectivity index (χ3v) is 5.59. The molecule has 0 unspecified atom stereocenters. The second-order valence-corrected chi connectivity index (χ2v) is 7.59. The molecular weight excluding hydrogens is 404 g/mol. The molecule has 2 N–H and O–H groups in total. The Morgan fingerprint density at radius 2 is 2.04 bits per heavy atom. The predicted molar refractivity (Wildman–Crippen MR) is 106 cm³/mol. The van der Waals surface area contributed by atoms with Gasteiger partial charge in [0.1, 0.15) is 16.5 Å². The number of anilines is 1. The molecule has 0 saturated carbocycles. The van der Waals surface area contributed by atoms with E-state index < -0.39 is 0 Å². The molecule has 3 aromatic rings. The molecule has 0 aliphatic carbocycles. The van der Waals surface area contributed by atoms with Gasteiger partial charge in [0.15, 0.2) is 5.16 Å². The fourth-order valence-corrected chi connectivity index (χ4v) is 4.04. The van der Waals surface area contributed by atoms with E-state index in [0.29, 0.717) is 45.6 Å². The molecule has 0 bridgehead atoms. The number of halogens is 1. The summed E-state index contributed by atoms with van der Waals surface area (Å²) in [5.74, 6) is 1.09. The maximum Gasteiger partial charge on any atom is 0.320 e. The Morgan fingerprint density at radius 1 is 1.25 bits per heavy atom. The van der Waals surface area contributed by atoms with E-state index in [9.17, 15) is 5.11 Å². The Bertz CT molecular complexity index is 1000. The van der Waals surface area contributed by atoms with Crippen LogP contribution in [0.1, 0.15) is 12.6 Å². The third-order valence-electron chi connectivity index (χ3n) is 4.38. The van der Waals surface area contributed by atoms with Gasteiger partial charge in [-0.1, -0.05) is 18.5 Å². The van der Waals surface area contributed by atoms with E-state index >= 15 is 0 Å². The maximum atomic E-state index is 9.72. The van der Waals surface area contributed by atoms with E-state index in [1.807, 2.05) is 11.8 Å². The number of aromatic nitrogens is 5. The van der Waals surface area contributed by atoms with Gasteiger partial charge in [0, 0.05) is 24.8 Å². The van der Waals surface area contributed by atoms with Gasteiger partial charge in [-0.2, -0.15) is 9.97 Å². The van der Waals surface area contributed by atoms with E-state index in [4.69, 9.17) is 26.1 Å². The zero-order valence-corrected chi connectivity index (χ0v) is 17.1. The number of aliphatic hydroxyl groups is 1. The number of rotatable bonds is 6. The average molecular weight is 423 g/mol. The summed E-state index contributed by atoms with van der Waals surface area (Å²) in [4.78, 5) is 23.0. The molecule has 0 aromatic carbocycles. The highest BCUT2D eigenvalue weighted by Gasteiger charge is 2.30. The summed E-state index contributed by atoms with van der Waals surface area (Å²) in [6.45, 7) is 3.04. The van der Waals surface area contributed by atoms with Gasteiger partial charge in [0.25, 0.3) is 0 Å². The summed E-state index contributed by atoms with van der Waals surface area (Å²) in [7, 11) is 3.02. The van der Waals surface area contributed by atoms with Crippen molar-refractivity contribution in [2.24, 2.45) is 0 Å². The van der Waals surface area contributed by atoms with Crippen LogP contribution in [0.3, 0.4) is 0 Å². The van der Waals surface area contributed by atoms with Crippen LogP contribution in [0.2, 0.25) is 5.02 Å². The lowest BCUT2D eigenvalue weighted by Crippen LogP contribution is -2.51. The number of nitrogens with one attached hydrogen (secondary N) is 1. The zero-order chi connectivity index (χ0) is 19.8. The van der Waals surface area contributed by atoms with Crippen molar-refractivity contribution in [1.29, 1.82) is 0 Å². The monoisotopic (exact) mass is 422 g/mol. The highest BCUT2D eigenvalue weighted by molar-refractivity contribution is 7.99. The lowest BCUT2D eigenvalue weighted by atomic mass is 10.1. The van der Waals surface area contributed by atoms with Crippen molar-refractivity contribution in [2.45, 2.75) is 29.6 Å². The smallest absolute Gasteiger partial charge is 0.320 e.